The van der Waals surface area contributed by atoms with Gasteiger partial charge < -0.3 is 15.5 Å². The largest absolute Gasteiger partial charge is 0.378 e. The van der Waals surface area contributed by atoms with Crippen molar-refractivity contribution >= 4 is 12.4 Å². The molecule has 0 aromatic carbocycles. The summed E-state index contributed by atoms with van der Waals surface area (Å²) in [4.78, 5) is 17.2. The molecule has 2 aliphatic heterocycles. The predicted octanol–water partition coefficient (Wildman–Crippen LogP) is 0.321. The van der Waals surface area contributed by atoms with Gasteiger partial charge in [0.25, 0.3) is 5.56 Å². The lowest BCUT2D eigenvalue weighted by atomic mass is 9.93. The lowest BCUT2D eigenvalue weighted by Crippen LogP contribution is -2.51. The topological polar surface area (TPSA) is 71.3 Å². The fraction of sp³-hybridized carbons (Fsp3) is 0.615. The van der Waals surface area contributed by atoms with Crippen LogP contribution in [0.1, 0.15) is 22.4 Å². The number of fused-ring (bicyclic) bond motifs is 1. The maximum absolute atomic E-state index is 11.9. The highest BCUT2D eigenvalue weighted by molar-refractivity contribution is 5.85. The van der Waals surface area contributed by atoms with Crippen LogP contribution in [-0.4, -0.2) is 35.7 Å². The van der Waals surface area contributed by atoms with Crippen molar-refractivity contribution in [1.29, 1.82) is 0 Å². The van der Waals surface area contributed by atoms with Gasteiger partial charge >= 0.3 is 0 Å². The van der Waals surface area contributed by atoms with Gasteiger partial charge in [-0.15, -0.1) is 12.4 Å². The molecule has 1 aromatic rings. The van der Waals surface area contributed by atoms with E-state index in [2.05, 4.69) is 9.88 Å². The van der Waals surface area contributed by atoms with Crippen LogP contribution in [0.3, 0.4) is 0 Å². The van der Waals surface area contributed by atoms with Gasteiger partial charge in [0.05, 0.1) is 19.3 Å². The van der Waals surface area contributed by atoms with E-state index < -0.39 is 0 Å². The third kappa shape index (κ3) is 2.43. The zero-order valence-corrected chi connectivity index (χ0v) is 11.9. The lowest BCUT2D eigenvalue weighted by Gasteiger charge is -2.40. The minimum absolute atomic E-state index is 0. The summed E-state index contributed by atoms with van der Waals surface area (Å²) < 4.78 is 5.25. The SMILES string of the molecule is Cc1[nH]c(=O)c(CN)c2c1CN(C1COC1)CC2.Cl. The Balaban J connectivity index is 0.00000133. The molecule has 0 atom stereocenters. The van der Waals surface area contributed by atoms with Gasteiger partial charge in [0.15, 0.2) is 0 Å². The fourth-order valence-corrected chi connectivity index (χ4v) is 2.88. The first-order valence-electron chi connectivity index (χ1n) is 6.46. The number of hydrogen-bond donors (Lipinski definition) is 2. The fourth-order valence-electron chi connectivity index (χ4n) is 2.88. The minimum atomic E-state index is -0.0193. The number of pyridine rings is 1. The molecular formula is C13H20ClN3O2. The number of rotatable bonds is 2. The number of aromatic amines is 1. The van der Waals surface area contributed by atoms with E-state index in [1.165, 1.54) is 11.1 Å². The molecule has 6 heteroatoms. The number of nitrogens with one attached hydrogen (secondary N) is 1. The summed E-state index contributed by atoms with van der Waals surface area (Å²) in [6, 6.07) is 0.547. The molecule has 0 amide bonds. The molecule has 0 saturated carbocycles. The van der Waals surface area contributed by atoms with Crippen molar-refractivity contribution in [2.75, 3.05) is 19.8 Å². The molecular weight excluding hydrogens is 266 g/mol. The molecule has 0 unspecified atom stereocenters. The summed E-state index contributed by atoms with van der Waals surface area (Å²) >= 11 is 0. The Morgan fingerprint density at radius 3 is 2.74 bits per heavy atom. The quantitative estimate of drug-likeness (QED) is 0.821. The van der Waals surface area contributed by atoms with Gasteiger partial charge in [-0.1, -0.05) is 0 Å². The van der Waals surface area contributed by atoms with Crippen molar-refractivity contribution in [1.82, 2.24) is 9.88 Å². The molecule has 19 heavy (non-hydrogen) atoms. The number of nitrogens with two attached hydrogens (primary N) is 1. The summed E-state index contributed by atoms with van der Waals surface area (Å²) in [5, 5.41) is 0. The Bertz CT molecular complexity index is 525. The van der Waals surface area contributed by atoms with Crippen molar-refractivity contribution in [3.8, 4) is 0 Å². The van der Waals surface area contributed by atoms with Gasteiger partial charge in [0.1, 0.15) is 0 Å². The molecule has 3 rings (SSSR count). The Morgan fingerprint density at radius 2 is 2.16 bits per heavy atom. The third-order valence-electron chi connectivity index (χ3n) is 4.11. The van der Waals surface area contributed by atoms with E-state index >= 15 is 0 Å². The second kappa shape index (κ2) is 5.63. The number of H-pyrrole nitrogens is 1. The Morgan fingerprint density at radius 1 is 1.42 bits per heavy atom. The van der Waals surface area contributed by atoms with Crippen LogP contribution >= 0.6 is 12.4 Å². The van der Waals surface area contributed by atoms with E-state index in [1.807, 2.05) is 6.92 Å². The normalized spacial score (nSPS) is 19.5. The monoisotopic (exact) mass is 285 g/mol. The highest BCUT2D eigenvalue weighted by Crippen LogP contribution is 2.25. The molecule has 0 aliphatic carbocycles. The van der Waals surface area contributed by atoms with Crippen LogP contribution in [0.2, 0.25) is 0 Å². The van der Waals surface area contributed by atoms with Gasteiger partial charge in [-0.25, -0.2) is 0 Å². The first kappa shape index (κ1) is 14.5. The Labute approximate surface area is 118 Å². The smallest absolute Gasteiger partial charge is 0.252 e. The lowest BCUT2D eigenvalue weighted by molar-refractivity contribution is -0.0696. The standard InChI is InChI=1S/C13H19N3O2.ClH/c1-8-12-5-16(9-6-18-7-9)3-2-10(12)11(4-14)13(17)15-8;/h9H,2-7,14H2,1H3,(H,15,17);1H. The first-order chi connectivity index (χ1) is 8.70. The van der Waals surface area contributed by atoms with Gasteiger partial charge in [-0.05, 0) is 24.5 Å². The van der Waals surface area contributed by atoms with Crippen molar-refractivity contribution in [2.24, 2.45) is 5.73 Å². The van der Waals surface area contributed by atoms with Crippen LogP contribution < -0.4 is 11.3 Å². The zero-order valence-electron chi connectivity index (χ0n) is 11.1. The van der Waals surface area contributed by atoms with Crippen molar-refractivity contribution in [3.63, 3.8) is 0 Å². The maximum atomic E-state index is 11.9. The molecule has 1 fully saturated rings. The molecule has 1 aromatic heterocycles. The molecule has 2 aliphatic rings. The molecule has 3 heterocycles. The van der Waals surface area contributed by atoms with Crippen molar-refractivity contribution in [3.05, 3.63) is 32.7 Å². The van der Waals surface area contributed by atoms with Gasteiger partial charge in [-0.2, -0.15) is 0 Å². The molecule has 1 saturated heterocycles. The number of aryl methyl sites for hydroxylation is 1. The van der Waals surface area contributed by atoms with Gasteiger partial charge in [0.2, 0.25) is 0 Å². The van der Waals surface area contributed by atoms with Crippen LogP contribution in [0, 0.1) is 6.92 Å². The molecule has 0 bridgehead atoms. The summed E-state index contributed by atoms with van der Waals surface area (Å²) in [5.74, 6) is 0. The number of hydrogen-bond acceptors (Lipinski definition) is 4. The Hall–Kier alpha value is -0.880. The van der Waals surface area contributed by atoms with Crippen molar-refractivity contribution < 1.29 is 4.74 Å². The number of nitrogens with zero attached hydrogens (tertiary/aromatic N) is 1. The second-order valence-corrected chi connectivity index (χ2v) is 5.13. The summed E-state index contributed by atoms with van der Waals surface area (Å²) in [5.41, 5.74) is 9.86. The van der Waals surface area contributed by atoms with E-state index in [-0.39, 0.29) is 18.0 Å². The minimum Gasteiger partial charge on any atom is -0.378 e. The van der Waals surface area contributed by atoms with E-state index in [0.29, 0.717) is 12.6 Å². The van der Waals surface area contributed by atoms with E-state index in [4.69, 9.17) is 10.5 Å². The summed E-state index contributed by atoms with van der Waals surface area (Å²) in [6.45, 7) is 5.87. The first-order valence-corrected chi connectivity index (χ1v) is 6.46. The van der Waals surface area contributed by atoms with Crippen LogP contribution in [0.4, 0.5) is 0 Å². The number of aromatic nitrogens is 1. The van der Waals surface area contributed by atoms with E-state index in [0.717, 1.165) is 44.0 Å². The molecule has 3 N–H and O–H groups in total. The van der Waals surface area contributed by atoms with Gasteiger partial charge in [0, 0.05) is 30.9 Å². The molecule has 106 valence electrons. The van der Waals surface area contributed by atoms with E-state index in [9.17, 15) is 4.79 Å². The highest BCUT2D eigenvalue weighted by Gasteiger charge is 2.30. The van der Waals surface area contributed by atoms with E-state index in [1.54, 1.807) is 0 Å². The summed E-state index contributed by atoms with van der Waals surface area (Å²) in [7, 11) is 0. The number of ether oxygens (including phenoxy) is 1. The van der Waals surface area contributed by atoms with Crippen LogP contribution in [0.25, 0.3) is 0 Å². The second-order valence-electron chi connectivity index (χ2n) is 5.13. The van der Waals surface area contributed by atoms with Crippen LogP contribution in [-0.2, 0) is 24.2 Å². The molecule has 0 radical (unpaired) electrons. The summed E-state index contributed by atoms with van der Waals surface area (Å²) in [6.07, 6.45) is 0.920. The third-order valence-corrected chi connectivity index (χ3v) is 4.11. The van der Waals surface area contributed by atoms with Gasteiger partial charge in [-0.3, -0.25) is 9.69 Å². The van der Waals surface area contributed by atoms with Crippen LogP contribution in [0.5, 0.6) is 0 Å². The molecule has 0 spiro atoms. The van der Waals surface area contributed by atoms with Crippen molar-refractivity contribution in [2.45, 2.75) is 32.5 Å². The predicted molar refractivity (Wildman–Crippen MR) is 75.7 cm³/mol. The zero-order chi connectivity index (χ0) is 12.7. The molecule has 5 nitrogen and oxygen atoms in total. The average molecular weight is 286 g/mol. The highest BCUT2D eigenvalue weighted by atomic mass is 35.5. The number of halogens is 1. The Kier molecular flexibility index (Phi) is 4.30. The van der Waals surface area contributed by atoms with Crippen LogP contribution in [0.15, 0.2) is 4.79 Å². The average Bonchev–Trinajstić information content (AvgIpc) is 2.28. The maximum Gasteiger partial charge on any atom is 0.252 e.